The average molecular weight is 303 g/mol. The number of hydrogen-bond acceptors (Lipinski definition) is 3. The molecule has 1 aromatic carbocycles. The molecule has 0 atom stereocenters. The lowest BCUT2D eigenvalue weighted by Crippen LogP contribution is -1.91. The number of H-pyrrole nitrogens is 1. The van der Waals surface area contributed by atoms with Crippen molar-refractivity contribution in [2.24, 2.45) is 0 Å². The van der Waals surface area contributed by atoms with E-state index in [9.17, 15) is 0 Å². The van der Waals surface area contributed by atoms with E-state index in [2.05, 4.69) is 36.2 Å². The number of nitrogens with zero attached hydrogens (tertiary/aromatic N) is 2. The Bertz CT molecular complexity index is 688. The van der Waals surface area contributed by atoms with Crippen molar-refractivity contribution in [2.45, 2.75) is 0 Å². The van der Waals surface area contributed by atoms with E-state index in [0.29, 0.717) is 0 Å². The van der Waals surface area contributed by atoms with Gasteiger partial charge in [0.1, 0.15) is 11.6 Å². The Labute approximate surface area is 113 Å². The fourth-order valence-electron chi connectivity index (χ4n) is 1.78. The Balaban J connectivity index is 2.10. The molecule has 2 N–H and O–H groups in total. The van der Waals surface area contributed by atoms with Crippen LogP contribution in [0.5, 0.6) is 0 Å². The molecule has 2 aromatic heterocycles. The second-order valence-corrected chi connectivity index (χ2v) is 4.83. The molecule has 18 heavy (non-hydrogen) atoms. The van der Waals surface area contributed by atoms with E-state index in [1.54, 1.807) is 0 Å². The van der Waals surface area contributed by atoms with Gasteiger partial charge in [-0.3, -0.25) is 0 Å². The minimum Gasteiger partial charge on any atom is -0.373 e. The zero-order valence-electron chi connectivity index (χ0n) is 9.74. The molecule has 90 valence electrons. The van der Waals surface area contributed by atoms with Crippen molar-refractivity contribution >= 4 is 32.9 Å². The average Bonchev–Trinajstić information content (AvgIpc) is 2.82. The topological polar surface area (TPSA) is 53.6 Å². The first-order valence-corrected chi connectivity index (χ1v) is 6.36. The van der Waals surface area contributed by atoms with Crippen LogP contribution < -0.4 is 5.32 Å². The van der Waals surface area contributed by atoms with Crippen LogP contribution in [0.15, 0.2) is 40.9 Å². The molecular formula is C13H11BrN4. The second-order valence-electron chi connectivity index (χ2n) is 3.91. The van der Waals surface area contributed by atoms with Crippen molar-refractivity contribution in [1.29, 1.82) is 0 Å². The van der Waals surface area contributed by atoms with Crippen LogP contribution in [-0.2, 0) is 0 Å². The lowest BCUT2D eigenvalue weighted by atomic mass is 10.2. The van der Waals surface area contributed by atoms with Crippen molar-refractivity contribution in [3.05, 3.63) is 40.9 Å². The van der Waals surface area contributed by atoms with E-state index in [-0.39, 0.29) is 0 Å². The minimum atomic E-state index is 0.722. The van der Waals surface area contributed by atoms with Gasteiger partial charge in [0.25, 0.3) is 0 Å². The predicted molar refractivity (Wildman–Crippen MR) is 76.6 cm³/mol. The predicted octanol–water partition coefficient (Wildman–Crippen LogP) is 3.43. The van der Waals surface area contributed by atoms with E-state index in [1.165, 1.54) is 0 Å². The quantitative estimate of drug-likeness (QED) is 0.762. The molecule has 0 aliphatic heterocycles. The summed E-state index contributed by atoms with van der Waals surface area (Å²) in [4.78, 5) is 12.2. The molecule has 5 heteroatoms. The summed E-state index contributed by atoms with van der Waals surface area (Å²) in [6.07, 6.45) is 0. The van der Waals surface area contributed by atoms with Crippen LogP contribution in [-0.4, -0.2) is 22.0 Å². The smallest absolute Gasteiger partial charge is 0.180 e. The summed E-state index contributed by atoms with van der Waals surface area (Å²) >= 11 is 3.42. The van der Waals surface area contributed by atoms with E-state index in [0.717, 1.165) is 32.8 Å². The third-order valence-electron chi connectivity index (χ3n) is 2.72. The minimum absolute atomic E-state index is 0.722. The number of imidazole rings is 1. The van der Waals surface area contributed by atoms with Gasteiger partial charge in [-0.1, -0.05) is 28.1 Å². The van der Waals surface area contributed by atoms with Gasteiger partial charge in [-0.2, -0.15) is 0 Å². The van der Waals surface area contributed by atoms with Crippen molar-refractivity contribution in [1.82, 2.24) is 15.0 Å². The Kier molecular flexibility index (Phi) is 2.76. The van der Waals surface area contributed by atoms with Crippen LogP contribution in [0.4, 0.5) is 5.82 Å². The Morgan fingerprint density at radius 3 is 2.56 bits per heavy atom. The lowest BCUT2D eigenvalue weighted by molar-refractivity contribution is 1.28. The van der Waals surface area contributed by atoms with Gasteiger partial charge >= 0.3 is 0 Å². The molecule has 0 saturated carbocycles. The summed E-state index contributed by atoms with van der Waals surface area (Å²) in [6.45, 7) is 0. The van der Waals surface area contributed by atoms with Crippen LogP contribution in [0.2, 0.25) is 0 Å². The number of halogens is 1. The van der Waals surface area contributed by atoms with Gasteiger partial charge in [-0.15, -0.1) is 0 Å². The van der Waals surface area contributed by atoms with Crippen LogP contribution in [0.1, 0.15) is 0 Å². The number of nitrogens with one attached hydrogen (secondary N) is 2. The summed E-state index contributed by atoms with van der Waals surface area (Å²) in [6, 6.07) is 11.9. The number of aromatic nitrogens is 3. The maximum atomic E-state index is 4.50. The number of rotatable bonds is 2. The van der Waals surface area contributed by atoms with Gasteiger partial charge in [-0.25, -0.2) is 9.97 Å². The van der Waals surface area contributed by atoms with E-state index < -0.39 is 0 Å². The third-order valence-corrected chi connectivity index (χ3v) is 3.25. The monoisotopic (exact) mass is 302 g/mol. The molecule has 0 aliphatic rings. The lowest BCUT2D eigenvalue weighted by Gasteiger charge is -1.95. The summed E-state index contributed by atoms with van der Waals surface area (Å²) in [5, 5.41) is 3.00. The van der Waals surface area contributed by atoms with Crippen molar-refractivity contribution in [2.75, 3.05) is 12.4 Å². The summed E-state index contributed by atoms with van der Waals surface area (Å²) in [5.74, 6) is 1.65. The van der Waals surface area contributed by atoms with E-state index in [4.69, 9.17) is 0 Å². The first kappa shape index (κ1) is 11.2. The molecule has 0 bridgehead atoms. The van der Waals surface area contributed by atoms with Crippen molar-refractivity contribution < 1.29 is 0 Å². The molecule has 0 spiro atoms. The largest absolute Gasteiger partial charge is 0.373 e. The number of aromatic amines is 1. The summed E-state index contributed by atoms with van der Waals surface area (Å²) < 4.78 is 1.05. The SMILES string of the molecule is CNc1ccc2[nH]c(-c3ccc(Br)cc3)nc2n1. The summed E-state index contributed by atoms with van der Waals surface area (Å²) in [5.41, 5.74) is 2.70. The molecule has 0 radical (unpaired) electrons. The molecule has 0 aliphatic carbocycles. The van der Waals surface area contributed by atoms with Crippen LogP contribution in [0, 0.1) is 0 Å². The molecule has 0 saturated heterocycles. The highest BCUT2D eigenvalue weighted by atomic mass is 79.9. The summed E-state index contributed by atoms with van der Waals surface area (Å²) in [7, 11) is 1.84. The normalized spacial score (nSPS) is 10.8. The first-order valence-electron chi connectivity index (χ1n) is 5.57. The molecule has 0 fully saturated rings. The third kappa shape index (κ3) is 1.97. The zero-order valence-corrected chi connectivity index (χ0v) is 11.3. The van der Waals surface area contributed by atoms with Crippen LogP contribution in [0.25, 0.3) is 22.6 Å². The Morgan fingerprint density at radius 1 is 1.06 bits per heavy atom. The highest BCUT2D eigenvalue weighted by molar-refractivity contribution is 9.10. The molecular weight excluding hydrogens is 292 g/mol. The van der Waals surface area contributed by atoms with E-state index >= 15 is 0 Å². The fourth-order valence-corrected chi connectivity index (χ4v) is 2.04. The number of benzene rings is 1. The number of hydrogen-bond donors (Lipinski definition) is 2. The molecule has 3 rings (SSSR count). The fraction of sp³-hybridized carbons (Fsp3) is 0.0769. The highest BCUT2D eigenvalue weighted by Gasteiger charge is 2.06. The van der Waals surface area contributed by atoms with Gasteiger partial charge in [0, 0.05) is 17.1 Å². The second kappa shape index (κ2) is 4.42. The van der Waals surface area contributed by atoms with E-state index in [1.807, 2.05) is 43.4 Å². The van der Waals surface area contributed by atoms with Gasteiger partial charge in [0.05, 0.1) is 5.52 Å². The molecule has 4 nitrogen and oxygen atoms in total. The van der Waals surface area contributed by atoms with Gasteiger partial charge < -0.3 is 10.3 Å². The molecule has 2 heterocycles. The highest BCUT2D eigenvalue weighted by Crippen LogP contribution is 2.22. The molecule has 3 aromatic rings. The van der Waals surface area contributed by atoms with Gasteiger partial charge in [0.2, 0.25) is 0 Å². The van der Waals surface area contributed by atoms with Crippen LogP contribution in [0.3, 0.4) is 0 Å². The number of anilines is 1. The first-order chi connectivity index (χ1) is 8.76. The van der Waals surface area contributed by atoms with Gasteiger partial charge in [-0.05, 0) is 24.3 Å². The zero-order chi connectivity index (χ0) is 12.5. The maximum absolute atomic E-state index is 4.50. The maximum Gasteiger partial charge on any atom is 0.180 e. The Hall–Kier alpha value is -1.88. The van der Waals surface area contributed by atoms with Crippen molar-refractivity contribution in [3.8, 4) is 11.4 Å². The number of fused-ring (bicyclic) bond motifs is 1. The van der Waals surface area contributed by atoms with Gasteiger partial charge in [0.15, 0.2) is 5.65 Å². The Morgan fingerprint density at radius 2 is 1.83 bits per heavy atom. The number of pyridine rings is 1. The van der Waals surface area contributed by atoms with Crippen LogP contribution >= 0.6 is 15.9 Å². The molecule has 0 unspecified atom stereocenters. The standard InChI is InChI=1S/C13H11BrN4/c1-15-11-7-6-10-13(17-11)18-12(16-10)8-2-4-9(14)5-3-8/h2-7H,1H3,(H2,15,16,17,18). The molecule has 0 amide bonds. The van der Waals surface area contributed by atoms with Crippen molar-refractivity contribution in [3.63, 3.8) is 0 Å².